The van der Waals surface area contributed by atoms with Crippen LogP contribution in [-0.2, 0) is 11.2 Å². The molecule has 0 saturated carbocycles. The van der Waals surface area contributed by atoms with Crippen LogP contribution in [0.15, 0.2) is 40.5 Å². The molecule has 0 unspecified atom stereocenters. The Morgan fingerprint density at radius 3 is 2.52 bits per heavy atom. The maximum Gasteiger partial charge on any atom is 0.234 e. The van der Waals surface area contributed by atoms with E-state index in [1.165, 1.54) is 11.8 Å². The first-order valence-electron chi connectivity index (χ1n) is 10.1. The fourth-order valence-electron chi connectivity index (χ4n) is 3.17. The van der Waals surface area contributed by atoms with Crippen LogP contribution in [-0.4, -0.2) is 63.8 Å². The van der Waals surface area contributed by atoms with Crippen molar-refractivity contribution in [2.45, 2.75) is 30.3 Å². The van der Waals surface area contributed by atoms with Crippen LogP contribution in [0.1, 0.15) is 17.4 Å². The number of carbonyl (C=O) groups is 1. The van der Waals surface area contributed by atoms with Gasteiger partial charge in [-0.1, -0.05) is 12.1 Å². The number of rotatable bonds is 7. The molecule has 0 aliphatic carbocycles. The molecule has 0 amide bonds. The van der Waals surface area contributed by atoms with Gasteiger partial charge in [0.25, 0.3) is 0 Å². The van der Waals surface area contributed by atoms with E-state index < -0.39 is 0 Å². The summed E-state index contributed by atoms with van der Waals surface area (Å²) in [7, 11) is 2.12. The fourth-order valence-corrected chi connectivity index (χ4v) is 4.57. The average Bonchev–Trinajstić information content (AvgIpc) is 3.14. The lowest BCUT2D eigenvalue weighted by atomic mass is 10.1. The van der Waals surface area contributed by atoms with Gasteiger partial charge in [0.05, 0.1) is 0 Å². The Morgan fingerprint density at radius 2 is 1.87 bits per heavy atom. The number of anilines is 3. The second-order valence-corrected chi connectivity index (χ2v) is 9.83. The topological polar surface area (TPSA) is 87.1 Å². The van der Waals surface area contributed by atoms with Crippen LogP contribution in [0.3, 0.4) is 0 Å². The normalized spacial score (nSPS) is 14.6. The van der Waals surface area contributed by atoms with Crippen molar-refractivity contribution >= 4 is 45.9 Å². The first kappa shape index (κ1) is 21.7. The van der Waals surface area contributed by atoms with E-state index in [1.807, 2.05) is 37.4 Å². The van der Waals surface area contributed by atoms with E-state index in [1.54, 1.807) is 18.3 Å². The van der Waals surface area contributed by atoms with Crippen molar-refractivity contribution < 1.29 is 4.79 Å². The SMILES string of the molecule is CC(=O)Cc1ccc(Sc2nc(Nc3ncc(C)s3)nc(N3CCN(C)CC3)n2)cc1. The molecule has 10 heteroatoms. The van der Waals surface area contributed by atoms with Gasteiger partial charge < -0.3 is 9.80 Å². The third-order valence-electron chi connectivity index (χ3n) is 4.81. The molecule has 162 valence electrons. The van der Waals surface area contributed by atoms with Crippen molar-refractivity contribution in [3.63, 3.8) is 0 Å². The molecule has 1 N–H and O–H groups in total. The molecular formula is C21H25N7OS2. The van der Waals surface area contributed by atoms with Crippen LogP contribution in [0.2, 0.25) is 0 Å². The second kappa shape index (κ2) is 9.71. The smallest absolute Gasteiger partial charge is 0.234 e. The summed E-state index contributed by atoms with van der Waals surface area (Å²) in [5, 5.41) is 4.61. The molecule has 1 aromatic carbocycles. The van der Waals surface area contributed by atoms with Gasteiger partial charge in [-0.05, 0) is 50.4 Å². The van der Waals surface area contributed by atoms with Crippen LogP contribution in [0.5, 0.6) is 0 Å². The van der Waals surface area contributed by atoms with E-state index in [0.717, 1.165) is 46.6 Å². The number of nitrogens with zero attached hydrogens (tertiary/aromatic N) is 6. The van der Waals surface area contributed by atoms with Crippen molar-refractivity contribution in [2.75, 3.05) is 43.4 Å². The van der Waals surface area contributed by atoms with E-state index in [9.17, 15) is 4.79 Å². The molecule has 0 spiro atoms. The summed E-state index contributed by atoms with van der Waals surface area (Å²) in [6.45, 7) is 7.32. The minimum absolute atomic E-state index is 0.155. The summed E-state index contributed by atoms with van der Waals surface area (Å²) in [4.78, 5) is 36.3. The van der Waals surface area contributed by atoms with Gasteiger partial charge in [-0.15, -0.1) is 11.3 Å². The molecule has 1 saturated heterocycles. The number of aryl methyl sites for hydroxylation is 1. The Balaban J connectivity index is 1.58. The highest BCUT2D eigenvalue weighted by molar-refractivity contribution is 7.99. The maximum absolute atomic E-state index is 11.3. The quantitative estimate of drug-likeness (QED) is 0.576. The monoisotopic (exact) mass is 455 g/mol. The molecule has 1 aliphatic heterocycles. The second-order valence-electron chi connectivity index (χ2n) is 7.56. The zero-order chi connectivity index (χ0) is 21.8. The predicted molar refractivity (Wildman–Crippen MR) is 125 cm³/mol. The summed E-state index contributed by atoms with van der Waals surface area (Å²) in [6, 6.07) is 7.95. The van der Waals surface area contributed by atoms with Gasteiger partial charge in [0.2, 0.25) is 11.9 Å². The molecule has 31 heavy (non-hydrogen) atoms. The molecule has 8 nitrogen and oxygen atoms in total. The summed E-state index contributed by atoms with van der Waals surface area (Å²) in [6.07, 6.45) is 2.28. The van der Waals surface area contributed by atoms with Crippen molar-refractivity contribution in [3.05, 3.63) is 40.9 Å². The highest BCUT2D eigenvalue weighted by Gasteiger charge is 2.19. The average molecular weight is 456 g/mol. The number of nitrogens with one attached hydrogen (secondary N) is 1. The van der Waals surface area contributed by atoms with Gasteiger partial charge in [-0.25, -0.2) is 4.98 Å². The van der Waals surface area contributed by atoms with E-state index in [0.29, 0.717) is 23.5 Å². The minimum Gasteiger partial charge on any atom is -0.338 e. The summed E-state index contributed by atoms with van der Waals surface area (Å²) in [5.74, 6) is 1.33. The molecule has 1 aliphatic rings. The first-order chi connectivity index (χ1) is 14.9. The highest BCUT2D eigenvalue weighted by Crippen LogP contribution is 2.28. The van der Waals surface area contributed by atoms with Crippen molar-refractivity contribution in [1.29, 1.82) is 0 Å². The van der Waals surface area contributed by atoms with Crippen LogP contribution in [0.25, 0.3) is 0 Å². The van der Waals surface area contributed by atoms with Crippen molar-refractivity contribution in [1.82, 2.24) is 24.8 Å². The number of carbonyl (C=O) groups excluding carboxylic acids is 1. The number of piperazine rings is 1. The van der Waals surface area contributed by atoms with E-state index in [-0.39, 0.29) is 5.78 Å². The highest BCUT2D eigenvalue weighted by atomic mass is 32.2. The standard InChI is InChI=1S/C21H25N7OS2/c1-14(29)12-16-4-6-17(7-5-16)31-21-25-18(24-20-22-13-15(2)30-20)23-19(26-21)28-10-8-27(3)9-11-28/h4-7,13H,8-12H2,1-3H3,(H,22,23,24,25,26). The van der Waals surface area contributed by atoms with Gasteiger partial charge in [0.1, 0.15) is 5.78 Å². The number of hydrogen-bond acceptors (Lipinski definition) is 10. The van der Waals surface area contributed by atoms with Gasteiger partial charge in [0.15, 0.2) is 10.3 Å². The largest absolute Gasteiger partial charge is 0.338 e. The third-order valence-corrected chi connectivity index (χ3v) is 6.52. The molecular weight excluding hydrogens is 430 g/mol. The maximum atomic E-state index is 11.3. The van der Waals surface area contributed by atoms with Gasteiger partial charge >= 0.3 is 0 Å². The number of ketones is 1. The van der Waals surface area contributed by atoms with E-state index in [2.05, 4.69) is 37.1 Å². The predicted octanol–water partition coefficient (Wildman–Crippen LogP) is 3.41. The minimum atomic E-state index is 0.155. The molecule has 3 aromatic rings. The van der Waals surface area contributed by atoms with Crippen molar-refractivity contribution in [2.24, 2.45) is 0 Å². The zero-order valence-electron chi connectivity index (χ0n) is 17.8. The Labute approximate surface area is 190 Å². The number of benzene rings is 1. The van der Waals surface area contributed by atoms with Gasteiger partial charge in [-0.2, -0.15) is 15.0 Å². The first-order valence-corrected chi connectivity index (χ1v) is 11.7. The van der Waals surface area contributed by atoms with Gasteiger partial charge in [-0.3, -0.25) is 10.1 Å². The van der Waals surface area contributed by atoms with Crippen LogP contribution < -0.4 is 10.2 Å². The number of aromatic nitrogens is 4. The van der Waals surface area contributed by atoms with Crippen LogP contribution in [0, 0.1) is 6.92 Å². The molecule has 0 atom stereocenters. The van der Waals surface area contributed by atoms with Gasteiger partial charge in [0, 0.05) is 48.6 Å². The summed E-state index contributed by atoms with van der Waals surface area (Å²) in [5.41, 5.74) is 1.01. The molecule has 1 fully saturated rings. The molecule has 0 radical (unpaired) electrons. The Kier molecular flexibility index (Phi) is 6.79. The molecule has 2 aromatic heterocycles. The third kappa shape index (κ3) is 5.99. The lowest BCUT2D eigenvalue weighted by Crippen LogP contribution is -2.45. The lowest BCUT2D eigenvalue weighted by molar-refractivity contribution is -0.116. The number of thiazole rings is 1. The van der Waals surface area contributed by atoms with E-state index >= 15 is 0 Å². The molecule has 4 rings (SSSR count). The number of likely N-dealkylation sites (N-methyl/N-ethyl adjacent to an activating group) is 1. The molecule has 0 bridgehead atoms. The van der Waals surface area contributed by atoms with E-state index in [4.69, 9.17) is 4.98 Å². The Morgan fingerprint density at radius 1 is 1.13 bits per heavy atom. The summed E-state index contributed by atoms with van der Waals surface area (Å²) >= 11 is 3.05. The van der Waals surface area contributed by atoms with Crippen LogP contribution in [0.4, 0.5) is 17.0 Å². The number of Topliss-reactive ketones (excluding diaryl/α,β-unsaturated/α-hetero) is 1. The summed E-state index contributed by atoms with van der Waals surface area (Å²) < 4.78 is 0. The zero-order valence-corrected chi connectivity index (χ0v) is 19.5. The Bertz CT molecular complexity index is 1050. The van der Waals surface area contributed by atoms with Crippen molar-refractivity contribution in [3.8, 4) is 0 Å². The Hall–Kier alpha value is -2.56. The van der Waals surface area contributed by atoms with Crippen LogP contribution >= 0.6 is 23.1 Å². The molecule has 3 heterocycles. The number of hydrogen-bond donors (Lipinski definition) is 1. The fraction of sp³-hybridized carbons (Fsp3) is 0.381. The lowest BCUT2D eigenvalue weighted by Gasteiger charge is -2.32.